The summed E-state index contributed by atoms with van der Waals surface area (Å²) in [7, 11) is -1.07. The van der Waals surface area contributed by atoms with Crippen LogP contribution >= 0.6 is 0 Å². The molecule has 0 aromatic heterocycles. The Bertz CT molecular complexity index is 770. The monoisotopic (exact) mass is 295 g/mol. The minimum atomic E-state index is -1.07. The maximum absolute atomic E-state index is 12.3. The van der Waals surface area contributed by atoms with Gasteiger partial charge in [0.25, 0.3) is 0 Å². The molecular formula is C18H17NOS. The van der Waals surface area contributed by atoms with Crippen LogP contribution in [-0.4, -0.2) is 9.96 Å². The Morgan fingerprint density at radius 2 is 1.52 bits per heavy atom. The molecule has 3 aromatic rings. The van der Waals surface area contributed by atoms with E-state index in [2.05, 4.69) is 24.3 Å². The first-order valence-electron chi connectivity index (χ1n) is 6.92. The van der Waals surface area contributed by atoms with Crippen LogP contribution < -0.4 is 5.73 Å². The van der Waals surface area contributed by atoms with Gasteiger partial charge in [0.2, 0.25) is 0 Å². The van der Waals surface area contributed by atoms with E-state index >= 15 is 0 Å². The van der Waals surface area contributed by atoms with Crippen LogP contribution in [0.1, 0.15) is 11.6 Å². The quantitative estimate of drug-likeness (QED) is 0.798. The third kappa shape index (κ3) is 3.20. The first-order valence-corrected chi connectivity index (χ1v) is 8.23. The molecule has 0 saturated heterocycles. The van der Waals surface area contributed by atoms with Crippen LogP contribution in [0.4, 0.5) is 0 Å². The van der Waals surface area contributed by atoms with Gasteiger partial charge < -0.3 is 5.73 Å². The van der Waals surface area contributed by atoms with E-state index in [1.807, 2.05) is 48.5 Å². The summed E-state index contributed by atoms with van der Waals surface area (Å²) in [5, 5.41) is 2.36. The normalized spacial score (nSPS) is 14.0. The number of rotatable bonds is 4. The van der Waals surface area contributed by atoms with Crippen LogP contribution in [0.5, 0.6) is 0 Å². The summed E-state index contributed by atoms with van der Waals surface area (Å²) in [4.78, 5) is 0.828. The van der Waals surface area contributed by atoms with Crippen molar-refractivity contribution in [3.8, 4) is 0 Å². The van der Waals surface area contributed by atoms with Gasteiger partial charge in [0.05, 0.1) is 10.8 Å². The Labute approximate surface area is 127 Å². The Morgan fingerprint density at radius 1 is 0.857 bits per heavy atom. The lowest BCUT2D eigenvalue weighted by atomic mass is 10.0. The highest BCUT2D eigenvalue weighted by atomic mass is 32.2. The minimum Gasteiger partial charge on any atom is -0.323 e. The molecule has 0 aliphatic carbocycles. The van der Waals surface area contributed by atoms with E-state index in [9.17, 15) is 4.21 Å². The smallest absolute Gasteiger partial charge is 0.0548 e. The summed E-state index contributed by atoms with van der Waals surface area (Å²) in [6.07, 6.45) is 0. The zero-order valence-corrected chi connectivity index (χ0v) is 12.4. The van der Waals surface area contributed by atoms with E-state index in [1.165, 1.54) is 5.39 Å². The second kappa shape index (κ2) is 6.20. The third-order valence-corrected chi connectivity index (χ3v) is 5.00. The van der Waals surface area contributed by atoms with Crippen molar-refractivity contribution < 1.29 is 4.21 Å². The standard InChI is InChI=1S/C18H17NOS/c19-18(13-21(20)17-8-2-1-3-9-17)16-11-10-14-6-4-5-7-15(14)12-16/h1-12,18H,13,19H2. The summed E-state index contributed by atoms with van der Waals surface area (Å²) in [5.41, 5.74) is 7.26. The van der Waals surface area contributed by atoms with Crippen LogP contribution in [0.2, 0.25) is 0 Å². The van der Waals surface area contributed by atoms with Crippen molar-refractivity contribution in [1.29, 1.82) is 0 Å². The topological polar surface area (TPSA) is 43.1 Å². The Morgan fingerprint density at radius 3 is 2.29 bits per heavy atom. The average Bonchev–Trinajstić information content (AvgIpc) is 2.55. The lowest BCUT2D eigenvalue weighted by molar-refractivity contribution is 0.675. The fourth-order valence-electron chi connectivity index (χ4n) is 2.37. The van der Waals surface area contributed by atoms with E-state index in [-0.39, 0.29) is 6.04 Å². The van der Waals surface area contributed by atoms with Crippen molar-refractivity contribution in [2.75, 3.05) is 5.75 Å². The van der Waals surface area contributed by atoms with Gasteiger partial charge in [-0.1, -0.05) is 54.6 Å². The molecule has 0 saturated carbocycles. The van der Waals surface area contributed by atoms with Crippen molar-refractivity contribution in [2.24, 2.45) is 5.73 Å². The molecule has 0 aliphatic rings. The van der Waals surface area contributed by atoms with Gasteiger partial charge in [-0.15, -0.1) is 0 Å². The van der Waals surface area contributed by atoms with E-state index in [0.717, 1.165) is 15.8 Å². The summed E-state index contributed by atoms with van der Waals surface area (Å²) in [5.74, 6) is 0.433. The molecule has 2 unspecified atom stereocenters. The van der Waals surface area contributed by atoms with Crippen molar-refractivity contribution >= 4 is 21.6 Å². The summed E-state index contributed by atoms with van der Waals surface area (Å²) < 4.78 is 12.3. The highest BCUT2D eigenvalue weighted by Gasteiger charge is 2.12. The van der Waals surface area contributed by atoms with E-state index in [0.29, 0.717) is 5.75 Å². The zero-order valence-electron chi connectivity index (χ0n) is 11.6. The molecule has 0 fully saturated rings. The largest absolute Gasteiger partial charge is 0.323 e. The van der Waals surface area contributed by atoms with Crippen LogP contribution in [0.3, 0.4) is 0 Å². The number of hydrogen-bond acceptors (Lipinski definition) is 2. The molecule has 106 valence electrons. The zero-order chi connectivity index (χ0) is 14.7. The molecule has 0 bridgehead atoms. The molecular weight excluding hydrogens is 278 g/mol. The summed E-state index contributed by atoms with van der Waals surface area (Å²) in [6.45, 7) is 0. The molecule has 0 spiro atoms. The van der Waals surface area contributed by atoms with Gasteiger partial charge in [0.1, 0.15) is 0 Å². The lowest BCUT2D eigenvalue weighted by Gasteiger charge is -2.13. The molecule has 2 N–H and O–H groups in total. The van der Waals surface area contributed by atoms with Gasteiger partial charge in [0.15, 0.2) is 0 Å². The molecule has 0 heterocycles. The molecule has 3 aromatic carbocycles. The molecule has 0 radical (unpaired) electrons. The van der Waals surface area contributed by atoms with E-state index < -0.39 is 10.8 Å². The minimum absolute atomic E-state index is 0.226. The molecule has 0 aliphatic heterocycles. The van der Waals surface area contributed by atoms with Gasteiger partial charge in [-0.3, -0.25) is 4.21 Å². The summed E-state index contributed by atoms with van der Waals surface area (Å²) >= 11 is 0. The number of fused-ring (bicyclic) bond motifs is 1. The van der Waals surface area contributed by atoms with Gasteiger partial charge in [-0.25, -0.2) is 0 Å². The number of hydrogen-bond donors (Lipinski definition) is 1. The highest BCUT2D eigenvalue weighted by molar-refractivity contribution is 7.85. The second-order valence-electron chi connectivity index (χ2n) is 5.04. The van der Waals surface area contributed by atoms with E-state index in [1.54, 1.807) is 0 Å². The fourth-order valence-corrected chi connectivity index (χ4v) is 3.54. The second-order valence-corrected chi connectivity index (χ2v) is 6.53. The molecule has 3 rings (SSSR count). The van der Waals surface area contributed by atoms with Gasteiger partial charge in [0, 0.05) is 16.7 Å². The highest BCUT2D eigenvalue weighted by Crippen LogP contribution is 2.21. The third-order valence-electron chi connectivity index (χ3n) is 3.54. The van der Waals surface area contributed by atoms with Crippen molar-refractivity contribution in [3.05, 3.63) is 78.4 Å². The van der Waals surface area contributed by atoms with Gasteiger partial charge >= 0.3 is 0 Å². The van der Waals surface area contributed by atoms with Crippen LogP contribution in [0, 0.1) is 0 Å². The predicted molar refractivity (Wildman–Crippen MR) is 88.6 cm³/mol. The SMILES string of the molecule is NC(CS(=O)c1ccccc1)c1ccc2ccccc2c1. The number of nitrogens with two attached hydrogens (primary N) is 1. The first-order chi connectivity index (χ1) is 10.2. The molecule has 2 atom stereocenters. The molecule has 0 amide bonds. The van der Waals surface area contributed by atoms with Gasteiger partial charge in [-0.05, 0) is 34.5 Å². The Hall–Kier alpha value is -1.97. The predicted octanol–water partition coefficient (Wildman–Crippen LogP) is 3.65. The molecule has 21 heavy (non-hydrogen) atoms. The van der Waals surface area contributed by atoms with Crippen molar-refractivity contribution in [2.45, 2.75) is 10.9 Å². The molecule has 3 heteroatoms. The fraction of sp³-hybridized carbons (Fsp3) is 0.111. The van der Waals surface area contributed by atoms with E-state index in [4.69, 9.17) is 5.73 Å². The number of benzene rings is 3. The first kappa shape index (κ1) is 14.0. The maximum Gasteiger partial charge on any atom is 0.0548 e. The Kier molecular flexibility index (Phi) is 4.13. The van der Waals surface area contributed by atoms with Crippen LogP contribution in [-0.2, 0) is 10.8 Å². The lowest BCUT2D eigenvalue weighted by Crippen LogP contribution is -2.18. The summed E-state index contributed by atoms with van der Waals surface area (Å²) in [6, 6.07) is 23.6. The van der Waals surface area contributed by atoms with Crippen molar-refractivity contribution in [3.63, 3.8) is 0 Å². The molecule has 2 nitrogen and oxygen atoms in total. The maximum atomic E-state index is 12.3. The Balaban J connectivity index is 1.80. The van der Waals surface area contributed by atoms with Crippen LogP contribution in [0.25, 0.3) is 10.8 Å². The van der Waals surface area contributed by atoms with Crippen molar-refractivity contribution in [1.82, 2.24) is 0 Å². The average molecular weight is 295 g/mol. The van der Waals surface area contributed by atoms with Crippen LogP contribution in [0.15, 0.2) is 77.7 Å². The van der Waals surface area contributed by atoms with Gasteiger partial charge in [-0.2, -0.15) is 0 Å².